The van der Waals surface area contributed by atoms with Crippen molar-refractivity contribution in [1.82, 2.24) is 5.06 Å². The molecule has 94 valence electrons. The normalized spacial score (nSPS) is 16.9. The summed E-state index contributed by atoms with van der Waals surface area (Å²) in [5.41, 5.74) is -0.0796. The van der Waals surface area contributed by atoms with Crippen LogP contribution in [0.2, 0.25) is 0 Å². The highest BCUT2D eigenvalue weighted by atomic mass is 16.5. The Hall–Kier alpha value is -1.94. The molecule has 1 amide bonds. The van der Waals surface area contributed by atoms with Crippen LogP contribution in [0, 0.1) is 0 Å². The van der Waals surface area contributed by atoms with E-state index in [1.807, 2.05) is 39.0 Å². The van der Waals surface area contributed by atoms with Gasteiger partial charge in [0.2, 0.25) is 0 Å². The Bertz CT molecular complexity index is 624. The molecule has 1 aliphatic heterocycles. The minimum Gasteiger partial charge on any atom is -0.288 e. The van der Waals surface area contributed by atoms with Crippen molar-refractivity contribution in [2.75, 3.05) is 0 Å². The summed E-state index contributed by atoms with van der Waals surface area (Å²) in [6.45, 7) is 5.55. The number of hydrogen-bond acceptors (Lipinski definition) is 3. The minimum absolute atomic E-state index is 0.336. The van der Waals surface area contributed by atoms with Gasteiger partial charge in [0.05, 0.1) is 16.5 Å². The van der Waals surface area contributed by atoms with Crippen molar-refractivity contribution >= 4 is 12.0 Å². The van der Waals surface area contributed by atoms with Crippen LogP contribution in [0.3, 0.4) is 0 Å². The second kappa shape index (κ2) is 4.38. The van der Waals surface area contributed by atoms with Crippen LogP contribution in [-0.2, 0) is 4.79 Å². The molecule has 0 spiro atoms. The van der Waals surface area contributed by atoms with Crippen molar-refractivity contribution in [3.05, 3.63) is 46.6 Å². The van der Waals surface area contributed by atoms with Gasteiger partial charge < -0.3 is 0 Å². The molecule has 0 aromatic heterocycles. The number of nitrogens with zero attached hydrogens (tertiary/aromatic N) is 2. The zero-order chi connectivity index (χ0) is 13.3. The molecule has 0 bridgehead atoms. The predicted molar refractivity (Wildman–Crippen MR) is 68.2 cm³/mol. The fourth-order valence-electron chi connectivity index (χ4n) is 1.53. The lowest BCUT2D eigenvalue weighted by Gasteiger charge is -2.28. The summed E-state index contributed by atoms with van der Waals surface area (Å²) < 4.78 is 0. The molecule has 0 fully saturated rings. The van der Waals surface area contributed by atoms with Gasteiger partial charge in [-0.15, -0.1) is 0 Å². The minimum atomic E-state index is -0.460. The third kappa shape index (κ3) is 2.49. The van der Waals surface area contributed by atoms with E-state index >= 15 is 0 Å². The van der Waals surface area contributed by atoms with Crippen LogP contribution in [-0.4, -0.2) is 21.7 Å². The lowest BCUT2D eigenvalue weighted by atomic mass is 10.1. The van der Waals surface area contributed by atoms with E-state index in [0.29, 0.717) is 10.9 Å². The van der Waals surface area contributed by atoms with Crippen molar-refractivity contribution in [2.45, 2.75) is 26.3 Å². The number of rotatable bonds is 1. The van der Waals surface area contributed by atoms with E-state index in [0.717, 1.165) is 10.3 Å². The van der Waals surface area contributed by atoms with Crippen LogP contribution in [0.5, 0.6) is 0 Å². The average Bonchev–Trinajstić information content (AvgIpc) is 2.28. The maximum atomic E-state index is 11.8. The summed E-state index contributed by atoms with van der Waals surface area (Å²) in [4.78, 5) is 15.8. The topological polar surface area (TPSA) is 52.9 Å². The van der Waals surface area contributed by atoms with E-state index < -0.39 is 5.54 Å². The Labute approximate surface area is 106 Å². The summed E-state index contributed by atoms with van der Waals surface area (Å²) >= 11 is 0. The fraction of sp³-hybridized carbons (Fsp3) is 0.286. The molecule has 1 N–H and O–H groups in total. The molecule has 1 aromatic carbocycles. The van der Waals surface area contributed by atoms with Gasteiger partial charge in [0, 0.05) is 11.4 Å². The number of benzene rings is 1. The van der Waals surface area contributed by atoms with Crippen molar-refractivity contribution in [2.24, 2.45) is 4.99 Å². The van der Waals surface area contributed by atoms with Gasteiger partial charge in [-0.25, -0.2) is 4.99 Å². The lowest BCUT2D eigenvalue weighted by Crippen LogP contribution is -2.36. The molecule has 0 aliphatic carbocycles. The van der Waals surface area contributed by atoms with Gasteiger partial charge in [0.15, 0.2) is 0 Å². The molecule has 1 aromatic rings. The van der Waals surface area contributed by atoms with Crippen LogP contribution >= 0.6 is 0 Å². The Morgan fingerprint density at radius 1 is 1.28 bits per heavy atom. The number of fused-ring (bicyclic) bond motifs is 1. The Kier molecular flexibility index (Phi) is 3.05. The number of amides is 1. The third-order valence-corrected chi connectivity index (χ3v) is 2.67. The summed E-state index contributed by atoms with van der Waals surface area (Å²) in [7, 11) is 0. The van der Waals surface area contributed by atoms with Crippen LogP contribution in [0.15, 0.2) is 41.0 Å². The fourth-order valence-corrected chi connectivity index (χ4v) is 1.53. The Morgan fingerprint density at radius 2 is 1.94 bits per heavy atom. The summed E-state index contributed by atoms with van der Waals surface area (Å²) in [6.07, 6.45) is 3.15. The molecule has 4 heteroatoms. The zero-order valence-corrected chi connectivity index (χ0v) is 10.7. The maximum Gasteiger partial charge on any atom is 0.279 e. The Morgan fingerprint density at radius 3 is 2.61 bits per heavy atom. The van der Waals surface area contributed by atoms with E-state index in [9.17, 15) is 10.0 Å². The van der Waals surface area contributed by atoms with Crippen molar-refractivity contribution in [3.63, 3.8) is 0 Å². The molecule has 0 saturated carbocycles. The molecule has 1 heterocycles. The van der Waals surface area contributed by atoms with Crippen LogP contribution in [0.25, 0.3) is 6.08 Å². The first kappa shape index (κ1) is 12.5. The monoisotopic (exact) mass is 244 g/mol. The number of carbonyl (C=O) groups is 1. The summed E-state index contributed by atoms with van der Waals surface area (Å²) in [5.74, 6) is -0.336. The SMILES string of the molecule is CC(C)(C)N(O)C=C1C=c2ccccc2=NC1=O. The van der Waals surface area contributed by atoms with Gasteiger partial charge >= 0.3 is 0 Å². The highest BCUT2D eigenvalue weighted by Crippen LogP contribution is 2.13. The van der Waals surface area contributed by atoms with Crippen LogP contribution in [0.1, 0.15) is 20.8 Å². The first-order chi connectivity index (χ1) is 8.38. The smallest absolute Gasteiger partial charge is 0.279 e. The largest absolute Gasteiger partial charge is 0.288 e. The molecule has 18 heavy (non-hydrogen) atoms. The van der Waals surface area contributed by atoms with Gasteiger partial charge in [-0.3, -0.25) is 15.1 Å². The van der Waals surface area contributed by atoms with E-state index in [1.165, 1.54) is 6.20 Å². The lowest BCUT2D eigenvalue weighted by molar-refractivity contribution is -0.118. The van der Waals surface area contributed by atoms with Gasteiger partial charge in [-0.2, -0.15) is 0 Å². The molecule has 0 radical (unpaired) electrons. The molecular formula is C14H16N2O2. The second-order valence-corrected chi connectivity index (χ2v) is 5.22. The van der Waals surface area contributed by atoms with Crippen molar-refractivity contribution in [3.8, 4) is 0 Å². The molecule has 2 rings (SSSR count). The van der Waals surface area contributed by atoms with Crippen LogP contribution in [0.4, 0.5) is 0 Å². The van der Waals surface area contributed by atoms with E-state index in [1.54, 1.807) is 12.1 Å². The molecule has 4 nitrogen and oxygen atoms in total. The third-order valence-electron chi connectivity index (χ3n) is 2.67. The highest BCUT2D eigenvalue weighted by Gasteiger charge is 2.19. The number of hydroxylamine groups is 2. The first-order valence-electron chi connectivity index (χ1n) is 5.78. The zero-order valence-electron chi connectivity index (χ0n) is 10.7. The Balaban J connectivity index is 2.47. The number of hydrogen-bond donors (Lipinski definition) is 1. The van der Waals surface area contributed by atoms with E-state index in [2.05, 4.69) is 4.99 Å². The molecular weight excluding hydrogens is 228 g/mol. The van der Waals surface area contributed by atoms with Crippen LogP contribution < -0.4 is 10.6 Å². The maximum absolute atomic E-state index is 11.8. The molecule has 0 unspecified atom stereocenters. The predicted octanol–water partition coefficient (Wildman–Crippen LogP) is 1.00. The molecule has 1 aliphatic rings. The average molecular weight is 244 g/mol. The quantitative estimate of drug-likeness (QED) is 0.592. The highest BCUT2D eigenvalue weighted by molar-refractivity contribution is 6.02. The molecule has 0 atom stereocenters. The van der Waals surface area contributed by atoms with Gasteiger partial charge in [0.1, 0.15) is 0 Å². The molecule has 0 saturated heterocycles. The van der Waals surface area contributed by atoms with Crippen molar-refractivity contribution in [1.29, 1.82) is 0 Å². The van der Waals surface area contributed by atoms with Gasteiger partial charge in [-0.05, 0) is 32.9 Å². The number of carbonyl (C=O) groups excluding carboxylic acids is 1. The standard InChI is InChI=1S/C14H16N2O2/c1-14(2,3)16(18)9-11-8-10-6-4-5-7-12(10)15-13(11)17/h4-9,18H,1-3H3. The first-order valence-corrected chi connectivity index (χ1v) is 5.78. The number of para-hydroxylation sites is 1. The van der Waals surface area contributed by atoms with Crippen molar-refractivity contribution < 1.29 is 10.0 Å². The van der Waals surface area contributed by atoms with E-state index in [-0.39, 0.29) is 5.91 Å². The van der Waals surface area contributed by atoms with Gasteiger partial charge in [0.25, 0.3) is 5.91 Å². The van der Waals surface area contributed by atoms with Gasteiger partial charge in [-0.1, -0.05) is 18.2 Å². The summed E-state index contributed by atoms with van der Waals surface area (Å²) in [5, 5.41) is 12.4. The summed E-state index contributed by atoms with van der Waals surface area (Å²) in [6, 6.07) is 7.41. The second-order valence-electron chi connectivity index (χ2n) is 5.22. The van der Waals surface area contributed by atoms with E-state index in [4.69, 9.17) is 0 Å².